The number of carbonyl (C=O) groups excluding carboxylic acids is 7. The molecule has 3 aromatic carbocycles. The van der Waals surface area contributed by atoms with E-state index in [-0.39, 0.29) is 54.3 Å². The van der Waals surface area contributed by atoms with Gasteiger partial charge in [-0.05, 0) is 77.0 Å². The topological polar surface area (TPSA) is 203 Å². The molecule has 3 aliphatic heterocycles. The smallest absolute Gasteiger partial charge is 0.319 e. The van der Waals surface area contributed by atoms with Crippen LogP contribution in [-0.2, 0) is 21.7 Å². The number of hydrogen-bond acceptors (Lipinski definition) is 10. The molecule has 1 unspecified atom stereocenters. The summed E-state index contributed by atoms with van der Waals surface area (Å²) < 4.78 is 5.93. The van der Waals surface area contributed by atoms with Crippen molar-refractivity contribution in [2.24, 2.45) is 0 Å². The molecule has 4 aromatic rings. The average Bonchev–Trinajstić information content (AvgIpc) is 3.89. The fourth-order valence-electron chi connectivity index (χ4n) is 8.65. The van der Waals surface area contributed by atoms with Gasteiger partial charge in [-0.1, -0.05) is 80.6 Å². The van der Waals surface area contributed by atoms with Gasteiger partial charge >= 0.3 is 6.03 Å². The number of likely N-dealkylation sites (N-methyl/N-ethyl adjacent to an activating group) is 1. The zero-order valence-corrected chi connectivity index (χ0v) is 36.8. The Morgan fingerprint density at radius 3 is 2.25 bits per heavy atom. The summed E-state index contributed by atoms with van der Waals surface area (Å²) in [5.41, 5.74) is 3.06. The van der Waals surface area contributed by atoms with Gasteiger partial charge in [0.05, 0.1) is 41.6 Å². The molecule has 64 heavy (non-hydrogen) atoms. The Morgan fingerprint density at radius 2 is 1.55 bits per heavy atom. The number of ether oxygens (including phenoxy) is 1. The summed E-state index contributed by atoms with van der Waals surface area (Å²) in [5.74, 6) is -1.92. The van der Waals surface area contributed by atoms with Crippen molar-refractivity contribution >= 4 is 47.2 Å². The van der Waals surface area contributed by atoms with E-state index in [9.17, 15) is 33.6 Å². The maximum Gasteiger partial charge on any atom is 0.319 e. The van der Waals surface area contributed by atoms with E-state index in [2.05, 4.69) is 26.1 Å². The number of amides is 7. The van der Waals surface area contributed by atoms with E-state index in [0.29, 0.717) is 42.3 Å². The number of nitrogens with zero attached hydrogens (tertiary/aromatic N) is 4. The number of unbranched alkanes of at least 4 members (excludes halogenated alkanes) is 6. The molecule has 1 saturated heterocycles. The number of urea groups is 1. The molecule has 0 bridgehead atoms. The van der Waals surface area contributed by atoms with Gasteiger partial charge in [-0.15, -0.1) is 0 Å². The van der Waals surface area contributed by atoms with Gasteiger partial charge in [0, 0.05) is 36.1 Å². The molecular formula is C48H56N8O8. The van der Waals surface area contributed by atoms with Crippen LogP contribution in [0.15, 0.2) is 72.8 Å². The van der Waals surface area contributed by atoms with Crippen LogP contribution >= 0.6 is 0 Å². The standard InChI is InChI=1S/C48H56N8O8/c1-48(2)41-34(28-55(48)47(63)49-35(29-54(3)4)30-16-11-10-12-17-30)42(53-52-41)51-43(59)32-23-21-31(22-24-32)37(57)19-13-8-6-5-7-9-14-27-64-38-20-15-18-33-40(38)46(62)56(45(33)61)36-25-26-39(58)50-44(36)60/h10-12,15-18,20-24,35-36H,5-9,13-14,19,25-29H2,1-4H3,(H,49,63)(H,50,58,60)(H2,51,52,53,59)/t35-,36?/m1/s1. The molecule has 336 valence electrons. The average molecular weight is 873 g/mol. The SMILES string of the molecule is CN(C)C[C@@H](NC(=O)N1Cc2c(NC(=O)c3ccc(C(=O)CCCCCCCCCOc4cccc5c4C(=O)N(C4CCC(=O)NC4=O)C5=O)cc3)n[nH]c2C1(C)C)c1ccccc1. The fourth-order valence-corrected chi connectivity index (χ4v) is 8.65. The lowest BCUT2D eigenvalue weighted by molar-refractivity contribution is -0.136. The largest absolute Gasteiger partial charge is 0.493 e. The molecule has 2 atom stereocenters. The minimum atomic E-state index is -1.03. The number of Topliss-reactive ketones (excluding diaryl/α,β-unsaturated/α-hetero) is 1. The second-order valence-electron chi connectivity index (χ2n) is 17.4. The molecule has 1 fully saturated rings. The van der Waals surface area contributed by atoms with Crippen LogP contribution in [0.25, 0.3) is 0 Å². The van der Waals surface area contributed by atoms with Crippen LogP contribution in [0.3, 0.4) is 0 Å². The highest BCUT2D eigenvalue weighted by Crippen LogP contribution is 2.41. The molecular weight excluding hydrogens is 817 g/mol. The Hall–Kier alpha value is -6.68. The number of nitrogens with one attached hydrogen (secondary N) is 4. The summed E-state index contributed by atoms with van der Waals surface area (Å²) in [7, 11) is 3.93. The highest BCUT2D eigenvalue weighted by Gasteiger charge is 2.47. The van der Waals surface area contributed by atoms with Gasteiger partial charge in [0.15, 0.2) is 11.6 Å². The summed E-state index contributed by atoms with van der Waals surface area (Å²) in [6.07, 6.45) is 6.83. The molecule has 16 nitrogen and oxygen atoms in total. The number of H-pyrrole nitrogens is 1. The number of fused-ring (bicyclic) bond motifs is 2. The van der Waals surface area contributed by atoms with Crippen molar-refractivity contribution in [2.75, 3.05) is 32.6 Å². The van der Waals surface area contributed by atoms with E-state index in [0.717, 1.165) is 66.7 Å². The molecule has 0 spiro atoms. The fraction of sp³-hybridized carbons (Fsp3) is 0.417. The third kappa shape index (κ3) is 9.91. The van der Waals surface area contributed by atoms with Gasteiger partial charge in [-0.2, -0.15) is 5.10 Å². The van der Waals surface area contributed by atoms with E-state index in [1.165, 1.54) is 0 Å². The number of rotatable bonds is 19. The molecule has 0 aliphatic carbocycles. The number of anilines is 1. The first-order valence-corrected chi connectivity index (χ1v) is 22.0. The Labute approximate surface area is 372 Å². The molecule has 16 heteroatoms. The van der Waals surface area contributed by atoms with Crippen molar-refractivity contribution in [3.63, 3.8) is 0 Å². The normalized spacial score (nSPS) is 17.0. The molecule has 0 saturated carbocycles. The molecule has 7 amide bonds. The number of piperidine rings is 1. The maximum absolute atomic E-state index is 13.7. The van der Waals surface area contributed by atoms with Gasteiger partial charge in [0.2, 0.25) is 11.8 Å². The molecule has 0 radical (unpaired) electrons. The Kier molecular flexibility index (Phi) is 14.0. The van der Waals surface area contributed by atoms with Crippen LogP contribution in [-0.4, -0.2) is 99.5 Å². The Morgan fingerprint density at radius 1 is 0.859 bits per heavy atom. The van der Waals surface area contributed by atoms with Crippen molar-refractivity contribution in [1.82, 2.24) is 35.5 Å². The number of benzene rings is 3. The van der Waals surface area contributed by atoms with E-state index in [1.54, 1.807) is 47.4 Å². The van der Waals surface area contributed by atoms with Gasteiger partial charge in [-0.25, -0.2) is 4.79 Å². The van der Waals surface area contributed by atoms with E-state index >= 15 is 0 Å². The van der Waals surface area contributed by atoms with Gasteiger partial charge < -0.3 is 25.2 Å². The number of aromatic amines is 1. The molecule has 4 heterocycles. The molecule has 1 aromatic heterocycles. The third-order valence-electron chi connectivity index (χ3n) is 12.2. The molecule has 4 N–H and O–H groups in total. The predicted molar refractivity (Wildman–Crippen MR) is 238 cm³/mol. The highest BCUT2D eigenvalue weighted by atomic mass is 16.5. The summed E-state index contributed by atoms with van der Waals surface area (Å²) in [6.45, 7) is 5.13. The number of carbonyl (C=O) groups is 7. The number of hydrogen-bond donors (Lipinski definition) is 4. The zero-order valence-electron chi connectivity index (χ0n) is 36.8. The summed E-state index contributed by atoms with van der Waals surface area (Å²) in [5, 5.41) is 15.7. The van der Waals surface area contributed by atoms with Crippen LogP contribution in [0.5, 0.6) is 5.75 Å². The van der Waals surface area contributed by atoms with Crippen molar-refractivity contribution in [2.45, 2.75) is 102 Å². The first kappa shape index (κ1) is 45.3. The predicted octanol–water partition coefficient (Wildman–Crippen LogP) is 6.51. The van der Waals surface area contributed by atoms with Crippen LogP contribution in [0.1, 0.15) is 142 Å². The Bertz CT molecular complexity index is 2410. The monoisotopic (exact) mass is 872 g/mol. The Balaban J connectivity index is 0.799. The lowest BCUT2D eigenvalue weighted by Crippen LogP contribution is -2.54. The van der Waals surface area contributed by atoms with Crippen LogP contribution in [0.4, 0.5) is 10.6 Å². The lowest BCUT2D eigenvalue weighted by atomic mass is 10.0. The lowest BCUT2D eigenvalue weighted by Gasteiger charge is -2.34. The summed E-state index contributed by atoms with van der Waals surface area (Å²) in [6, 6.07) is 19.8. The van der Waals surface area contributed by atoms with Crippen molar-refractivity contribution in [1.29, 1.82) is 0 Å². The quantitative estimate of drug-likeness (QED) is 0.0457. The summed E-state index contributed by atoms with van der Waals surface area (Å²) >= 11 is 0. The maximum atomic E-state index is 13.7. The number of ketones is 1. The van der Waals surface area contributed by atoms with Gasteiger partial charge in [0.25, 0.3) is 17.7 Å². The highest BCUT2D eigenvalue weighted by molar-refractivity contribution is 6.24. The van der Waals surface area contributed by atoms with Crippen molar-refractivity contribution < 1.29 is 38.3 Å². The third-order valence-corrected chi connectivity index (χ3v) is 12.2. The van der Waals surface area contributed by atoms with Gasteiger partial charge in [-0.3, -0.25) is 44.1 Å². The zero-order chi connectivity index (χ0) is 45.5. The van der Waals surface area contributed by atoms with Crippen LogP contribution < -0.4 is 20.7 Å². The second-order valence-corrected chi connectivity index (χ2v) is 17.4. The first-order valence-electron chi connectivity index (χ1n) is 22.0. The van der Waals surface area contributed by atoms with Crippen molar-refractivity contribution in [3.8, 4) is 5.75 Å². The minimum Gasteiger partial charge on any atom is -0.493 e. The number of aromatic nitrogens is 2. The van der Waals surface area contributed by atoms with Crippen LogP contribution in [0.2, 0.25) is 0 Å². The molecule has 3 aliphatic rings. The second kappa shape index (κ2) is 19.8. The van der Waals surface area contributed by atoms with Crippen LogP contribution in [0, 0.1) is 0 Å². The van der Waals surface area contributed by atoms with E-state index < -0.39 is 35.2 Å². The van der Waals surface area contributed by atoms with E-state index in [1.807, 2.05) is 63.2 Å². The molecule has 7 rings (SSSR count). The first-order chi connectivity index (χ1) is 30.7. The summed E-state index contributed by atoms with van der Waals surface area (Å²) in [4.78, 5) is 95.0. The number of imide groups is 2. The van der Waals surface area contributed by atoms with Gasteiger partial charge in [0.1, 0.15) is 11.8 Å². The van der Waals surface area contributed by atoms with E-state index in [4.69, 9.17) is 4.74 Å². The minimum absolute atomic E-state index is 0.0164. The van der Waals surface area contributed by atoms with Crippen molar-refractivity contribution in [3.05, 3.63) is 112 Å².